The zero-order valence-corrected chi connectivity index (χ0v) is 16.7. The highest BCUT2D eigenvalue weighted by molar-refractivity contribution is 5.76. The highest BCUT2D eigenvalue weighted by Crippen LogP contribution is 2.20. The highest BCUT2D eigenvalue weighted by Gasteiger charge is 2.19. The minimum atomic E-state index is 0.0607. The Bertz CT molecular complexity index is 822. The topological polar surface area (TPSA) is 56.1 Å². The first-order valence-corrected chi connectivity index (χ1v) is 10.2. The maximum Gasteiger partial charge on any atom is 0.220 e. The van der Waals surface area contributed by atoms with Crippen LogP contribution in [-0.4, -0.2) is 23.4 Å². The van der Waals surface area contributed by atoms with Crippen molar-refractivity contribution in [2.75, 3.05) is 6.54 Å². The van der Waals surface area contributed by atoms with E-state index >= 15 is 0 Å². The van der Waals surface area contributed by atoms with Crippen molar-refractivity contribution in [1.82, 2.24) is 10.2 Å². The zero-order chi connectivity index (χ0) is 19.8. The van der Waals surface area contributed by atoms with Gasteiger partial charge in [-0.15, -0.1) is 0 Å². The maximum atomic E-state index is 12.3. The molecule has 1 heterocycles. The summed E-state index contributed by atoms with van der Waals surface area (Å²) >= 11 is 0. The van der Waals surface area contributed by atoms with Crippen molar-refractivity contribution >= 4 is 5.91 Å². The molecule has 1 saturated heterocycles. The summed E-state index contributed by atoms with van der Waals surface area (Å²) in [7, 11) is 0. The Hall–Kier alpha value is -2.64. The number of nitrogens with one attached hydrogen (secondary N) is 1. The summed E-state index contributed by atoms with van der Waals surface area (Å²) in [4.78, 5) is 14.8. The van der Waals surface area contributed by atoms with Crippen molar-refractivity contribution in [3.63, 3.8) is 0 Å². The summed E-state index contributed by atoms with van der Waals surface area (Å²) in [6.45, 7) is 5.00. The van der Waals surface area contributed by atoms with Crippen molar-refractivity contribution in [3.05, 3.63) is 70.8 Å². The van der Waals surface area contributed by atoms with E-state index in [0.717, 1.165) is 18.7 Å². The van der Waals surface area contributed by atoms with Gasteiger partial charge in [0.2, 0.25) is 5.91 Å². The third kappa shape index (κ3) is 5.68. The number of carbonyl (C=O) groups excluding carboxylic acids is 1. The Labute approximate surface area is 168 Å². The molecule has 1 aliphatic rings. The number of aryl methyl sites for hydroxylation is 1. The molecule has 0 aliphatic carbocycles. The lowest BCUT2D eigenvalue weighted by Crippen LogP contribution is -2.37. The molecule has 3 rings (SSSR count). The summed E-state index contributed by atoms with van der Waals surface area (Å²) in [6.07, 6.45) is 5.02. The predicted octanol–water partition coefficient (Wildman–Crippen LogP) is 4.18. The minimum absolute atomic E-state index is 0.0607. The summed E-state index contributed by atoms with van der Waals surface area (Å²) in [5.41, 5.74) is 4.23. The quantitative estimate of drug-likeness (QED) is 0.790. The molecule has 0 aromatic heterocycles. The molecule has 2 aromatic rings. The fourth-order valence-electron chi connectivity index (χ4n) is 3.78. The lowest BCUT2D eigenvalue weighted by Gasteiger charge is -2.33. The first kappa shape index (κ1) is 20.1. The van der Waals surface area contributed by atoms with Crippen LogP contribution in [0.4, 0.5) is 0 Å². The number of nitriles is 1. The molecule has 0 bridgehead atoms. The monoisotopic (exact) mass is 375 g/mol. The van der Waals surface area contributed by atoms with Crippen molar-refractivity contribution in [2.24, 2.45) is 0 Å². The summed E-state index contributed by atoms with van der Waals surface area (Å²) in [5.74, 6) is 0.0607. The Kier molecular flexibility index (Phi) is 7.22. The standard InChI is InChI=1S/C24H29N3O/c1-19-6-4-5-15-27(19)18-23-8-3-2-7-22(23)17-26-24(28)14-13-20-9-11-21(16-25)12-10-20/h2-3,7-12,19H,4-6,13-15,17-18H2,1H3,(H,26,28). The molecule has 4 nitrogen and oxygen atoms in total. The van der Waals surface area contributed by atoms with Crippen LogP contribution in [0.15, 0.2) is 48.5 Å². The molecule has 2 aromatic carbocycles. The molecule has 1 atom stereocenters. The van der Waals surface area contributed by atoms with Crippen LogP contribution < -0.4 is 5.32 Å². The number of likely N-dealkylation sites (tertiary alicyclic amines) is 1. The molecule has 1 fully saturated rings. The highest BCUT2D eigenvalue weighted by atomic mass is 16.1. The lowest BCUT2D eigenvalue weighted by molar-refractivity contribution is -0.121. The van der Waals surface area contributed by atoms with Gasteiger partial charge in [-0.1, -0.05) is 42.8 Å². The maximum absolute atomic E-state index is 12.3. The fourth-order valence-corrected chi connectivity index (χ4v) is 3.78. The second-order valence-corrected chi connectivity index (χ2v) is 7.67. The van der Waals surface area contributed by atoms with Crippen molar-refractivity contribution in [3.8, 4) is 6.07 Å². The van der Waals surface area contributed by atoms with Crippen LogP contribution in [0, 0.1) is 11.3 Å². The predicted molar refractivity (Wildman–Crippen MR) is 111 cm³/mol. The van der Waals surface area contributed by atoms with Gasteiger partial charge in [0.05, 0.1) is 11.6 Å². The van der Waals surface area contributed by atoms with Gasteiger partial charge >= 0.3 is 0 Å². The lowest BCUT2D eigenvalue weighted by atomic mass is 10.0. The zero-order valence-electron chi connectivity index (χ0n) is 16.7. The van der Waals surface area contributed by atoms with Crippen LogP contribution in [0.1, 0.15) is 54.9 Å². The molecule has 0 saturated carbocycles. The smallest absolute Gasteiger partial charge is 0.220 e. The molecule has 28 heavy (non-hydrogen) atoms. The van der Waals surface area contributed by atoms with E-state index in [1.165, 1.54) is 30.4 Å². The van der Waals surface area contributed by atoms with Crippen LogP contribution in [0.2, 0.25) is 0 Å². The van der Waals surface area contributed by atoms with Gasteiger partial charge < -0.3 is 5.32 Å². The molecule has 146 valence electrons. The Morgan fingerprint density at radius 1 is 1.14 bits per heavy atom. The molecular weight excluding hydrogens is 346 g/mol. The summed E-state index contributed by atoms with van der Waals surface area (Å²) < 4.78 is 0. The minimum Gasteiger partial charge on any atom is -0.352 e. The number of carbonyl (C=O) groups is 1. The largest absolute Gasteiger partial charge is 0.352 e. The number of amides is 1. The van der Waals surface area contributed by atoms with E-state index in [1.54, 1.807) is 12.1 Å². The van der Waals surface area contributed by atoms with Crippen LogP contribution in [0.25, 0.3) is 0 Å². The second-order valence-electron chi connectivity index (χ2n) is 7.67. The van der Waals surface area contributed by atoms with Gasteiger partial charge in [0.25, 0.3) is 0 Å². The number of benzene rings is 2. The summed E-state index contributed by atoms with van der Waals surface area (Å²) in [5, 5.41) is 11.9. The number of piperidine rings is 1. The van der Waals surface area contributed by atoms with E-state index in [4.69, 9.17) is 5.26 Å². The SMILES string of the molecule is CC1CCCCN1Cc1ccccc1CNC(=O)CCc1ccc(C#N)cc1. The summed E-state index contributed by atoms with van der Waals surface area (Å²) in [6, 6.07) is 18.6. The molecule has 0 radical (unpaired) electrons. The molecule has 1 N–H and O–H groups in total. The Morgan fingerprint density at radius 2 is 1.89 bits per heavy atom. The average molecular weight is 376 g/mol. The van der Waals surface area contributed by atoms with E-state index in [1.807, 2.05) is 18.2 Å². The average Bonchev–Trinajstić information content (AvgIpc) is 2.73. The van der Waals surface area contributed by atoms with E-state index in [2.05, 4.69) is 41.4 Å². The van der Waals surface area contributed by atoms with Gasteiger partial charge in [0.15, 0.2) is 0 Å². The van der Waals surface area contributed by atoms with E-state index in [9.17, 15) is 4.79 Å². The van der Waals surface area contributed by atoms with E-state index < -0.39 is 0 Å². The number of nitrogens with zero attached hydrogens (tertiary/aromatic N) is 2. The molecule has 4 heteroatoms. The molecule has 1 unspecified atom stereocenters. The van der Waals surface area contributed by atoms with Gasteiger partial charge in [-0.25, -0.2) is 0 Å². The van der Waals surface area contributed by atoms with E-state index in [-0.39, 0.29) is 5.91 Å². The van der Waals surface area contributed by atoms with Crippen LogP contribution in [-0.2, 0) is 24.3 Å². The molecule has 0 spiro atoms. The molecular formula is C24H29N3O. The van der Waals surface area contributed by atoms with Gasteiger partial charge in [0, 0.05) is 25.6 Å². The third-order valence-corrected chi connectivity index (χ3v) is 5.63. The first-order valence-electron chi connectivity index (χ1n) is 10.2. The Morgan fingerprint density at radius 3 is 2.61 bits per heavy atom. The van der Waals surface area contributed by atoms with Crippen molar-refractivity contribution in [1.29, 1.82) is 5.26 Å². The second kappa shape index (κ2) is 10.1. The van der Waals surface area contributed by atoms with Gasteiger partial charge in [-0.3, -0.25) is 9.69 Å². The molecule has 1 amide bonds. The first-order chi connectivity index (χ1) is 13.7. The number of rotatable bonds is 7. The van der Waals surface area contributed by atoms with Crippen molar-refractivity contribution < 1.29 is 4.79 Å². The van der Waals surface area contributed by atoms with Gasteiger partial charge in [-0.05, 0) is 61.6 Å². The van der Waals surface area contributed by atoms with Crippen molar-refractivity contribution in [2.45, 2.75) is 58.2 Å². The number of hydrogen-bond donors (Lipinski definition) is 1. The van der Waals surface area contributed by atoms with Crippen LogP contribution in [0.5, 0.6) is 0 Å². The van der Waals surface area contributed by atoms with E-state index in [0.29, 0.717) is 31.0 Å². The van der Waals surface area contributed by atoms with Crippen LogP contribution in [0.3, 0.4) is 0 Å². The fraction of sp³-hybridized carbons (Fsp3) is 0.417. The van der Waals surface area contributed by atoms with Gasteiger partial charge in [-0.2, -0.15) is 5.26 Å². The normalized spacial score (nSPS) is 17.1. The third-order valence-electron chi connectivity index (χ3n) is 5.63. The number of hydrogen-bond acceptors (Lipinski definition) is 3. The molecule has 1 aliphatic heterocycles. The van der Waals surface area contributed by atoms with Gasteiger partial charge in [0.1, 0.15) is 0 Å². The Balaban J connectivity index is 1.51. The van der Waals surface area contributed by atoms with Crippen LogP contribution >= 0.6 is 0 Å².